The van der Waals surface area contributed by atoms with Crippen LogP contribution in [0, 0.1) is 11.3 Å². The first-order valence-electron chi connectivity index (χ1n) is 6.28. The Morgan fingerprint density at radius 3 is 2.84 bits per heavy atom. The number of carbonyl (C=O) groups is 1. The van der Waals surface area contributed by atoms with Gasteiger partial charge in [0.15, 0.2) is 0 Å². The standard InChI is InChI=1S/C14H18N4O/c1-2-3-6-18-14(19)13(9-15)11-17-10-12-4-7-16-8-5-12/h4-5,7-8,11,17H,2-3,6,10H2,1H3,(H,18,19)/b13-11-. The van der Waals surface area contributed by atoms with Crippen LogP contribution in [0.3, 0.4) is 0 Å². The highest BCUT2D eigenvalue weighted by Crippen LogP contribution is 1.96. The Morgan fingerprint density at radius 2 is 2.21 bits per heavy atom. The summed E-state index contributed by atoms with van der Waals surface area (Å²) in [6, 6.07) is 5.63. The number of hydrogen-bond acceptors (Lipinski definition) is 4. The molecule has 0 atom stereocenters. The molecule has 1 aromatic heterocycles. The van der Waals surface area contributed by atoms with E-state index in [0.717, 1.165) is 18.4 Å². The molecule has 100 valence electrons. The number of pyridine rings is 1. The molecule has 0 saturated carbocycles. The number of unbranched alkanes of at least 4 members (excludes halogenated alkanes) is 1. The lowest BCUT2D eigenvalue weighted by atomic mass is 10.2. The van der Waals surface area contributed by atoms with Gasteiger partial charge in [-0.3, -0.25) is 9.78 Å². The van der Waals surface area contributed by atoms with E-state index in [4.69, 9.17) is 5.26 Å². The molecule has 0 bridgehead atoms. The number of amides is 1. The van der Waals surface area contributed by atoms with Gasteiger partial charge in [-0.2, -0.15) is 5.26 Å². The molecule has 1 amide bonds. The predicted molar refractivity (Wildman–Crippen MR) is 72.7 cm³/mol. The SMILES string of the molecule is CCCCNC(=O)/C(C#N)=C\NCc1ccncc1. The van der Waals surface area contributed by atoms with Crippen molar-refractivity contribution in [2.24, 2.45) is 0 Å². The maximum absolute atomic E-state index is 11.6. The first-order chi connectivity index (χ1) is 9.27. The van der Waals surface area contributed by atoms with E-state index in [1.807, 2.05) is 25.1 Å². The fraction of sp³-hybridized carbons (Fsp3) is 0.357. The van der Waals surface area contributed by atoms with E-state index in [1.165, 1.54) is 6.20 Å². The van der Waals surface area contributed by atoms with Crippen molar-refractivity contribution in [2.45, 2.75) is 26.3 Å². The zero-order chi connectivity index (χ0) is 13.9. The Kier molecular flexibility index (Phi) is 6.73. The molecule has 0 unspecified atom stereocenters. The Balaban J connectivity index is 2.44. The summed E-state index contributed by atoms with van der Waals surface area (Å²) in [6.45, 7) is 3.19. The van der Waals surface area contributed by atoms with Crippen LogP contribution in [0.25, 0.3) is 0 Å². The summed E-state index contributed by atoms with van der Waals surface area (Å²) in [5.41, 5.74) is 1.13. The third-order valence-electron chi connectivity index (χ3n) is 2.48. The highest BCUT2D eigenvalue weighted by Gasteiger charge is 2.06. The minimum absolute atomic E-state index is 0.0881. The van der Waals surface area contributed by atoms with Gasteiger partial charge in [0.25, 0.3) is 5.91 Å². The first kappa shape index (κ1) is 14.7. The van der Waals surface area contributed by atoms with Crippen LogP contribution in [-0.2, 0) is 11.3 Å². The maximum atomic E-state index is 11.6. The molecular formula is C14H18N4O. The van der Waals surface area contributed by atoms with Crippen molar-refractivity contribution in [3.05, 3.63) is 41.9 Å². The molecule has 2 N–H and O–H groups in total. The highest BCUT2D eigenvalue weighted by atomic mass is 16.1. The molecule has 0 saturated heterocycles. The van der Waals surface area contributed by atoms with Gasteiger partial charge in [0, 0.05) is 31.7 Å². The van der Waals surface area contributed by atoms with Crippen LogP contribution in [0.4, 0.5) is 0 Å². The van der Waals surface area contributed by atoms with Crippen LogP contribution in [0.2, 0.25) is 0 Å². The number of hydrogen-bond donors (Lipinski definition) is 2. The molecule has 1 rings (SSSR count). The molecule has 0 spiro atoms. The van der Waals surface area contributed by atoms with Crippen molar-refractivity contribution >= 4 is 5.91 Å². The number of nitrogens with zero attached hydrogens (tertiary/aromatic N) is 2. The van der Waals surface area contributed by atoms with Crippen molar-refractivity contribution in [3.63, 3.8) is 0 Å². The second-order valence-corrected chi connectivity index (χ2v) is 4.02. The summed E-state index contributed by atoms with van der Waals surface area (Å²) in [5.74, 6) is -0.335. The van der Waals surface area contributed by atoms with Gasteiger partial charge in [0.1, 0.15) is 11.6 Å². The molecule has 1 aromatic rings. The third kappa shape index (κ3) is 5.68. The van der Waals surface area contributed by atoms with Gasteiger partial charge < -0.3 is 10.6 Å². The monoisotopic (exact) mass is 258 g/mol. The fourth-order valence-electron chi connectivity index (χ4n) is 1.39. The quantitative estimate of drug-likeness (QED) is 0.441. The maximum Gasteiger partial charge on any atom is 0.263 e. The average Bonchev–Trinajstić information content (AvgIpc) is 2.45. The molecule has 1 heterocycles. The van der Waals surface area contributed by atoms with E-state index in [-0.39, 0.29) is 11.5 Å². The Bertz CT molecular complexity index is 462. The smallest absolute Gasteiger partial charge is 0.263 e. The number of aromatic nitrogens is 1. The molecule has 0 fully saturated rings. The van der Waals surface area contributed by atoms with E-state index in [9.17, 15) is 4.79 Å². The van der Waals surface area contributed by atoms with Crippen LogP contribution in [-0.4, -0.2) is 17.4 Å². The molecule has 0 aliphatic rings. The Hall–Kier alpha value is -2.35. The number of carbonyl (C=O) groups excluding carboxylic acids is 1. The van der Waals surface area contributed by atoms with E-state index < -0.39 is 0 Å². The van der Waals surface area contributed by atoms with Gasteiger partial charge in [-0.25, -0.2) is 0 Å². The van der Waals surface area contributed by atoms with Crippen molar-refractivity contribution in [3.8, 4) is 6.07 Å². The topological polar surface area (TPSA) is 77.8 Å². The average molecular weight is 258 g/mol. The van der Waals surface area contributed by atoms with E-state index in [0.29, 0.717) is 13.1 Å². The first-order valence-corrected chi connectivity index (χ1v) is 6.28. The molecule has 5 nitrogen and oxygen atoms in total. The lowest BCUT2D eigenvalue weighted by Gasteiger charge is -2.04. The van der Waals surface area contributed by atoms with Crippen LogP contribution in [0.15, 0.2) is 36.3 Å². The summed E-state index contributed by atoms with van der Waals surface area (Å²) in [7, 11) is 0. The van der Waals surface area contributed by atoms with Crippen molar-refractivity contribution < 1.29 is 4.79 Å². The van der Waals surface area contributed by atoms with E-state index >= 15 is 0 Å². The Labute approximate surface area is 113 Å². The highest BCUT2D eigenvalue weighted by molar-refractivity contribution is 5.97. The van der Waals surface area contributed by atoms with Crippen molar-refractivity contribution in [1.29, 1.82) is 5.26 Å². The van der Waals surface area contributed by atoms with Crippen LogP contribution in [0.1, 0.15) is 25.3 Å². The van der Waals surface area contributed by atoms with E-state index in [2.05, 4.69) is 15.6 Å². The van der Waals surface area contributed by atoms with Crippen molar-refractivity contribution in [1.82, 2.24) is 15.6 Å². The number of rotatable bonds is 7. The molecular weight excluding hydrogens is 240 g/mol. The molecule has 0 aromatic carbocycles. The lowest BCUT2D eigenvalue weighted by Crippen LogP contribution is -2.26. The van der Waals surface area contributed by atoms with Crippen LogP contribution in [0.5, 0.6) is 0 Å². The second-order valence-electron chi connectivity index (χ2n) is 4.02. The van der Waals surface area contributed by atoms with Gasteiger partial charge in [-0.1, -0.05) is 13.3 Å². The molecule has 0 aliphatic heterocycles. The molecule has 0 aliphatic carbocycles. The summed E-state index contributed by atoms with van der Waals surface area (Å²) in [5, 5.41) is 14.6. The summed E-state index contributed by atoms with van der Waals surface area (Å²) >= 11 is 0. The minimum Gasteiger partial charge on any atom is -0.386 e. The zero-order valence-corrected chi connectivity index (χ0v) is 11.0. The summed E-state index contributed by atoms with van der Waals surface area (Å²) < 4.78 is 0. The number of nitrogens with one attached hydrogen (secondary N) is 2. The zero-order valence-electron chi connectivity index (χ0n) is 11.0. The van der Waals surface area contributed by atoms with Gasteiger partial charge in [0.05, 0.1) is 0 Å². The molecule has 5 heteroatoms. The molecule has 0 radical (unpaired) electrons. The van der Waals surface area contributed by atoms with Gasteiger partial charge in [-0.05, 0) is 24.1 Å². The van der Waals surface area contributed by atoms with Crippen molar-refractivity contribution in [2.75, 3.05) is 6.54 Å². The number of nitriles is 1. The Morgan fingerprint density at radius 1 is 1.47 bits per heavy atom. The normalized spacial score (nSPS) is 10.6. The summed E-state index contributed by atoms with van der Waals surface area (Å²) in [6.07, 6.45) is 6.76. The third-order valence-corrected chi connectivity index (χ3v) is 2.48. The van der Waals surface area contributed by atoms with Crippen LogP contribution < -0.4 is 10.6 Å². The van der Waals surface area contributed by atoms with E-state index in [1.54, 1.807) is 12.4 Å². The minimum atomic E-state index is -0.335. The largest absolute Gasteiger partial charge is 0.386 e. The lowest BCUT2D eigenvalue weighted by molar-refractivity contribution is -0.117. The second kappa shape index (κ2) is 8.70. The van der Waals surface area contributed by atoms with Crippen LogP contribution >= 0.6 is 0 Å². The molecule has 19 heavy (non-hydrogen) atoms. The van der Waals surface area contributed by atoms with Gasteiger partial charge in [-0.15, -0.1) is 0 Å². The summed E-state index contributed by atoms with van der Waals surface area (Å²) in [4.78, 5) is 15.6. The van der Waals surface area contributed by atoms with Gasteiger partial charge in [0.2, 0.25) is 0 Å². The fourth-order valence-corrected chi connectivity index (χ4v) is 1.39. The van der Waals surface area contributed by atoms with Gasteiger partial charge >= 0.3 is 0 Å². The predicted octanol–water partition coefficient (Wildman–Crippen LogP) is 1.49.